The predicted molar refractivity (Wildman–Crippen MR) is 76.3 cm³/mol. The zero-order valence-electron chi connectivity index (χ0n) is 10.9. The zero-order chi connectivity index (χ0) is 12.8. The topological polar surface area (TPSA) is 16.1 Å². The van der Waals surface area contributed by atoms with Crippen molar-refractivity contribution in [3.05, 3.63) is 72.1 Å². The Bertz CT molecular complexity index is 460. The summed E-state index contributed by atoms with van der Waals surface area (Å²) >= 11 is 0. The minimum Gasteiger partial charge on any atom is -0.306 e. The van der Waals surface area contributed by atoms with Gasteiger partial charge in [0.2, 0.25) is 0 Å². The summed E-state index contributed by atoms with van der Waals surface area (Å²) in [5.74, 6) is 0. The maximum absolute atomic E-state index is 4.20. The Morgan fingerprint density at radius 2 is 1.78 bits per heavy atom. The Morgan fingerprint density at radius 3 is 2.39 bits per heavy atom. The van der Waals surface area contributed by atoms with Gasteiger partial charge in [-0.3, -0.25) is 4.98 Å². The van der Waals surface area contributed by atoms with Crippen LogP contribution in [0, 0.1) is 0 Å². The van der Waals surface area contributed by atoms with Crippen LogP contribution in [-0.4, -0.2) is 30.5 Å². The number of hydrogen-bond acceptors (Lipinski definition) is 2. The van der Waals surface area contributed by atoms with E-state index in [1.165, 1.54) is 11.1 Å². The van der Waals surface area contributed by atoms with Gasteiger partial charge >= 0.3 is 0 Å². The number of pyridine rings is 1. The summed E-state index contributed by atoms with van der Waals surface area (Å²) in [4.78, 5) is 6.36. The lowest BCUT2D eigenvalue weighted by Crippen LogP contribution is -2.11. The van der Waals surface area contributed by atoms with Crippen molar-refractivity contribution >= 4 is 5.57 Å². The highest BCUT2D eigenvalue weighted by Gasteiger charge is 2.04. The average Bonchev–Trinajstić information content (AvgIpc) is 2.41. The number of aromatic nitrogens is 1. The summed E-state index contributed by atoms with van der Waals surface area (Å²) in [6.07, 6.45) is 5.96. The molecule has 0 aliphatic carbocycles. The lowest BCUT2D eigenvalue weighted by molar-refractivity contribution is 0.457. The minimum atomic E-state index is 0.916. The molecule has 0 radical (unpaired) electrons. The molecule has 92 valence electrons. The number of benzene rings is 1. The third-order valence-electron chi connectivity index (χ3n) is 2.72. The van der Waals surface area contributed by atoms with E-state index >= 15 is 0 Å². The molecule has 0 aliphatic heterocycles. The molecule has 0 bridgehead atoms. The molecule has 0 spiro atoms. The van der Waals surface area contributed by atoms with Crippen molar-refractivity contribution in [1.82, 2.24) is 9.88 Å². The first-order chi connectivity index (χ1) is 8.77. The predicted octanol–water partition coefficient (Wildman–Crippen LogP) is 3.07. The highest BCUT2D eigenvalue weighted by Crippen LogP contribution is 2.22. The minimum absolute atomic E-state index is 0.916. The van der Waals surface area contributed by atoms with Crippen molar-refractivity contribution in [2.75, 3.05) is 20.6 Å². The number of hydrogen-bond donors (Lipinski definition) is 0. The highest BCUT2D eigenvalue weighted by molar-refractivity contribution is 5.79. The van der Waals surface area contributed by atoms with Crippen molar-refractivity contribution < 1.29 is 0 Å². The van der Waals surface area contributed by atoms with Gasteiger partial charge in [-0.1, -0.05) is 42.5 Å². The van der Waals surface area contributed by atoms with E-state index in [2.05, 4.69) is 60.4 Å². The highest BCUT2D eigenvalue weighted by atomic mass is 15.0. The molecule has 2 heteroatoms. The number of rotatable bonds is 4. The molecule has 0 saturated heterocycles. The lowest BCUT2D eigenvalue weighted by Gasteiger charge is -2.11. The fourth-order valence-corrected chi connectivity index (χ4v) is 1.82. The summed E-state index contributed by atoms with van der Waals surface area (Å²) in [5.41, 5.74) is 3.62. The van der Waals surface area contributed by atoms with E-state index in [4.69, 9.17) is 0 Å². The first kappa shape index (κ1) is 12.5. The van der Waals surface area contributed by atoms with Crippen LogP contribution < -0.4 is 0 Å². The molecule has 2 aromatic rings. The molecule has 2 nitrogen and oxygen atoms in total. The fourth-order valence-electron chi connectivity index (χ4n) is 1.82. The fraction of sp³-hybridized carbons (Fsp3) is 0.188. The summed E-state index contributed by atoms with van der Waals surface area (Å²) in [7, 11) is 4.14. The van der Waals surface area contributed by atoms with Crippen molar-refractivity contribution in [3.63, 3.8) is 0 Å². The second-order valence-corrected chi connectivity index (χ2v) is 4.49. The molecule has 0 fully saturated rings. The van der Waals surface area contributed by atoms with Gasteiger partial charge in [-0.2, -0.15) is 0 Å². The van der Waals surface area contributed by atoms with Gasteiger partial charge in [0.15, 0.2) is 0 Å². The Hall–Kier alpha value is -1.93. The Labute approximate surface area is 109 Å². The van der Waals surface area contributed by atoms with Crippen LogP contribution in [0.15, 0.2) is 60.9 Å². The van der Waals surface area contributed by atoms with Crippen LogP contribution in [-0.2, 0) is 0 Å². The molecule has 18 heavy (non-hydrogen) atoms. The first-order valence-corrected chi connectivity index (χ1v) is 6.08. The van der Waals surface area contributed by atoms with Crippen LogP contribution in [0.25, 0.3) is 5.57 Å². The van der Waals surface area contributed by atoms with E-state index in [1.54, 1.807) is 6.20 Å². The smallest absolute Gasteiger partial charge is 0.0346 e. The lowest BCUT2D eigenvalue weighted by atomic mass is 9.99. The third kappa shape index (κ3) is 3.28. The second-order valence-electron chi connectivity index (χ2n) is 4.49. The van der Waals surface area contributed by atoms with Crippen molar-refractivity contribution in [1.29, 1.82) is 0 Å². The van der Waals surface area contributed by atoms with E-state index in [1.807, 2.05) is 18.3 Å². The second kappa shape index (κ2) is 6.12. The summed E-state index contributed by atoms with van der Waals surface area (Å²) in [6, 6.07) is 14.5. The van der Waals surface area contributed by atoms with Gasteiger partial charge < -0.3 is 4.90 Å². The van der Waals surface area contributed by atoms with Gasteiger partial charge in [-0.25, -0.2) is 0 Å². The van der Waals surface area contributed by atoms with Gasteiger partial charge in [0.05, 0.1) is 0 Å². The van der Waals surface area contributed by atoms with Crippen molar-refractivity contribution in [3.8, 4) is 0 Å². The molecule has 0 unspecified atom stereocenters. The number of likely N-dealkylation sites (N-methyl/N-ethyl adjacent to an activating group) is 1. The largest absolute Gasteiger partial charge is 0.306 e. The Balaban J connectivity index is 2.39. The van der Waals surface area contributed by atoms with Crippen LogP contribution in [0.4, 0.5) is 0 Å². The van der Waals surface area contributed by atoms with Crippen LogP contribution in [0.5, 0.6) is 0 Å². The molecule has 1 aromatic carbocycles. The molecule has 0 amide bonds. The molecular weight excluding hydrogens is 220 g/mol. The molecule has 0 atom stereocenters. The average molecular weight is 238 g/mol. The van der Waals surface area contributed by atoms with E-state index in [0.29, 0.717) is 0 Å². The standard InChI is InChI=1S/C16H18N2/c1-18(2)12-10-16(14-7-4-3-5-8-14)15-9-6-11-17-13-15/h3-11,13H,12H2,1-2H3/b16-10-. The van der Waals surface area contributed by atoms with Gasteiger partial charge in [-0.05, 0) is 31.3 Å². The summed E-state index contributed by atoms with van der Waals surface area (Å²) < 4.78 is 0. The maximum Gasteiger partial charge on any atom is 0.0346 e. The Kier molecular flexibility index (Phi) is 4.26. The third-order valence-corrected chi connectivity index (χ3v) is 2.72. The summed E-state index contributed by atoms with van der Waals surface area (Å²) in [6.45, 7) is 0.916. The van der Waals surface area contributed by atoms with Gasteiger partial charge in [0, 0.05) is 24.5 Å². The van der Waals surface area contributed by atoms with Crippen LogP contribution in [0.2, 0.25) is 0 Å². The molecule has 1 heterocycles. The van der Waals surface area contributed by atoms with Crippen LogP contribution >= 0.6 is 0 Å². The van der Waals surface area contributed by atoms with Crippen molar-refractivity contribution in [2.24, 2.45) is 0 Å². The van der Waals surface area contributed by atoms with E-state index in [9.17, 15) is 0 Å². The number of nitrogens with zero attached hydrogens (tertiary/aromatic N) is 2. The van der Waals surface area contributed by atoms with Crippen molar-refractivity contribution in [2.45, 2.75) is 0 Å². The van der Waals surface area contributed by atoms with Crippen LogP contribution in [0.3, 0.4) is 0 Å². The Morgan fingerprint density at radius 1 is 1.06 bits per heavy atom. The van der Waals surface area contributed by atoms with Gasteiger partial charge in [-0.15, -0.1) is 0 Å². The molecule has 2 rings (SSSR count). The van der Waals surface area contributed by atoms with E-state index in [-0.39, 0.29) is 0 Å². The summed E-state index contributed by atoms with van der Waals surface area (Å²) in [5, 5.41) is 0. The van der Waals surface area contributed by atoms with Gasteiger partial charge in [0.1, 0.15) is 0 Å². The van der Waals surface area contributed by atoms with Gasteiger partial charge in [0.25, 0.3) is 0 Å². The normalized spacial score (nSPS) is 11.8. The SMILES string of the molecule is CN(C)C/C=C(/c1ccccc1)c1cccnc1. The molecule has 1 aromatic heterocycles. The maximum atomic E-state index is 4.20. The quantitative estimate of drug-likeness (QED) is 0.813. The molecule has 0 aliphatic rings. The van der Waals surface area contributed by atoms with E-state index < -0.39 is 0 Å². The monoisotopic (exact) mass is 238 g/mol. The zero-order valence-corrected chi connectivity index (χ0v) is 10.9. The van der Waals surface area contributed by atoms with E-state index in [0.717, 1.165) is 12.1 Å². The van der Waals surface area contributed by atoms with Crippen LogP contribution in [0.1, 0.15) is 11.1 Å². The molecule has 0 N–H and O–H groups in total. The first-order valence-electron chi connectivity index (χ1n) is 6.08. The molecular formula is C16H18N2. The molecule has 0 saturated carbocycles.